The summed E-state index contributed by atoms with van der Waals surface area (Å²) in [6.45, 7) is 3.89. The third kappa shape index (κ3) is 3.29. The molecule has 1 saturated heterocycles. The lowest BCUT2D eigenvalue weighted by molar-refractivity contribution is 0.0871. The number of nitriles is 1. The summed E-state index contributed by atoms with van der Waals surface area (Å²) in [5.41, 5.74) is 6.77. The molecule has 1 heterocycles. The lowest BCUT2D eigenvalue weighted by atomic mass is 10.1. The van der Waals surface area contributed by atoms with Crippen LogP contribution in [0.3, 0.4) is 0 Å². The molecule has 0 bridgehead atoms. The molecule has 1 aromatic rings. The molecule has 102 valence electrons. The lowest BCUT2D eigenvalue weighted by Crippen LogP contribution is -2.54. The van der Waals surface area contributed by atoms with Gasteiger partial charge in [-0.25, -0.2) is 4.39 Å². The fourth-order valence-electron chi connectivity index (χ4n) is 2.44. The number of rotatable bonds is 3. The molecular weight excluding hydrogens is 243 g/mol. The molecule has 1 aliphatic rings. The summed E-state index contributed by atoms with van der Waals surface area (Å²) in [5.74, 6) is -0.311. The second kappa shape index (κ2) is 6.11. The van der Waals surface area contributed by atoms with Crippen molar-refractivity contribution in [3.8, 4) is 6.07 Å². The maximum atomic E-state index is 13.9. The maximum Gasteiger partial charge on any atom is 0.129 e. The Balaban J connectivity index is 2.10. The summed E-state index contributed by atoms with van der Waals surface area (Å²) in [7, 11) is 2.07. The standard InChI is InChI=1S/C14H19FN4/c1-18-4-5-19(13(8-17)10-18)9-12-3-2-11(7-16)6-14(12)15/h2-3,6,13H,4-5,8-10,17H2,1H3. The summed E-state index contributed by atoms with van der Waals surface area (Å²) in [4.78, 5) is 4.45. The van der Waals surface area contributed by atoms with E-state index in [1.165, 1.54) is 6.07 Å². The Bertz CT molecular complexity index is 483. The van der Waals surface area contributed by atoms with Crippen LogP contribution in [-0.2, 0) is 6.54 Å². The van der Waals surface area contributed by atoms with Gasteiger partial charge in [0.2, 0.25) is 0 Å². The van der Waals surface area contributed by atoms with Gasteiger partial charge in [-0.1, -0.05) is 6.07 Å². The molecule has 2 rings (SSSR count). The lowest BCUT2D eigenvalue weighted by Gasteiger charge is -2.39. The van der Waals surface area contributed by atoms with Crippen LogP contribution in [0.15, 0.2) is 18.2 Å². The van der Waals surface area contributed by atoms with E-state index >= 15 is 0 Å². The highest BCUT2D eigenvalue weighted by molar-refractivity contribution is 5.32. The van der Waals surface area contributed by atoms with Gasteiger partial charge in [-0.15, -0.1) is 0 Å². The van der Waals surface area contributed by atoms with Gasteiger partial charge < -0.3 is 10.6 Å². The Hall–Kier alpha value is -1.48. The third-order valence-electron chi connectivity index (χ3n) is 3.64. The Morgan fingerprint density at radius 1 is 1.47 bits per heavy atom. The number of hydrogen-bond donors (Lipinski definition) is 1. The molecule has 1 aromatic carbocycles. The topological polar surface area (TPSA) is 56.3 Å². The minimum atomic E-state index is -0.311. The first-order chi connectivity index (χ1) is 9.13. The molecule has 0 amide bonds. The van der Waals surface area contributed by atoms with Gasteiger partial charge in [0.05, 0.1) is 11.6 Å². The third-order valence-corrected chi connectivity index (χ3v) is 3.64. The van der Waals surface area contributed by atoms with Gasteiger partial charge in [0.25, 0.3) is 0 Å². The molecule has 0 spiro atoms. The second-order valence-electron chi connectivity index (χ2n) is 5.04. The van der Waals surface area contributed by atoms with Gasteiger partial charge in [0.15, 0.2) is 0 Å². The highest BCUT2D eigenvalue weighted by Gasteiger charge is 2.24. The van der Waals surface area contributed by atoms with E-state index in [1.807, 2.05) is 6.07 Å². The zero-order chi connectivity index (χ0) is 13.8. The van der Waals surface area contributed by atoms with Crippen LogP contribution in [0.4, 0.5) is 4.39 Å². The SMILES string of the molecule is CN1CCN(Cc2ccc(C#N)cc2F)C(CN)C1. The van der Waals surface area contributed by atoms with Crippen molar-refractivity contribution in [1.29, 1.82) is 5.26 Å². The largest absolute Gasteiger partial charge is 0.329 e. The molecule has 0 aliphatic carbocycles. The van der Waals surface area contributed by atoms with E-state index in [2.05, 4.69) is 16.8 Å². The summed E-state index contributed by atoms with van der Waals surface area (Å²) in [6.07, 6.45) is 0. The van der Waals surface area contributed by atoms with Crippen LogP contribution >= 0.6 is 0 Å². The van der Waals surface area contributed by atoms with Gasteiger partial charge in [-0.05, 0) is 19.2 Å². The number of likely N-dealkylation sites (N-methyl/N-ethyl adjacent to an activating group) is 1. The smallest absolute Gasteiger partial charge is 0.129 e. The number of hydrogen-bond acceptors (Lipinski definition) is 4. The molecule has 2 N–H and O–H groups in total. The van der Waals surface area contributed by atoms with Crippen molar-refractivity contribution >= 4 is 0 Å². The molecule has 0 saturated carbocycles. The Morgan fingerprint density at radius 3 is 2.89 bits per heavy atom. The number of nitrogens with zero attached hydrogens (tertiary/aromatic N) is 3. The van der Waals surface area contributed by atoms with E-state index in [4.69, 9.17) is 11.0 Å². The monoisotopic (exact) mass is 262 g/mol. The minimum absolute atomic E-state index is 0.258. The predicted octanol–water partition coefficient (Wildman–Crippen LogP) is 0.772. The number of benzene rings is 1. The van der Waals surface area contributed by atoms with E-state index in [1.54, 1.807) is 12.1 Å². The van der Waals surface area contributed by atoms with Crippen molar-refractivity contribution in [2.45, 2.75) is 12.6 Å². The van der Waals surface area contributed by atoms with Crippen LogP contribution in [0.25, 0.3) is 0 Å². The number of halogens is 1. The van der Waals surface area contributed by atoms with Gasteiger partial charge in [-0.2, -0.15) is 5.26 Å². The summed E-state index contributed by atoms with van der Waals surface area (Å²) in [5, 5.41) is 8.73. The molecule has 0 radical (unpaired) electrons. The van der Waals surface area contributed by atoms with E-state index < -0.39 is 0 Å². The van der Waals surface area contributed by atoms with Crippen molar-refractivity contribution in [2.24, 2.45) is 5.73 Å². The zero-order valence-electron chi connectivity index (χ0n) is 11.1. The van der Waals surface area contributed by atoms with Crippen LogP contribution in [0, 0.1) is 17.1 Å². The fraction of sp³-hybridized carbons (Fsp3) is 0.500. The fourth-order valence-corrected chi connectivity index (χ4v) is 2.44. The van der Waals surface area contributed by atoms with Crippen LogP contribution in [-0.4, -0.2) is 49.1 Å². The molecular formula is C14H19FN4. The van der Waals surface area contributed by atoms with Gasteiger partial charge in [0.1, 0.15) is 5.82 Å². The Kier molecular flexibility index (Phi) is 4.48. The molecule has 1 aliphatic heterocycles. The first-order valence-corrected chi connectivity index (χ1v) is 6.45. The molecule has 4 nitrogen and oxygen atoms in total. The quantitative estimate of drug-likeness (QED) is 0.874. The molecule has 1 fully saturated rings. The Labute approximate surface area is 113 Å². The van der Waals surface area contributed by atoms with Crippen molar-refractivity contribution in [3.05, 3.63) is 35.1 Å². The highest BCUT2D eigenvalue weighted by Crippen LogP contribution is 2.16. The van der Waals surface area contributed by atoms with Crippen molar-refractivity contribution in [1.82, 2.24) is 9.80 Å². The van der Waals surface area contributed by atoms with Crippen LogP contribution in [0.1, 0.15) is 11.1 Å². The second-order valence-corrected chi connectivity index (χ2v) is 5.04. The van der Waals surface area contributed by atoms with E-state index in [9.17, 15) is 4.39 Å². The van der Waals surface area contributed by atoms with Crippen molar-refractivity contribution < 1.29 is 4.39 Å². The summed E-state index contributed by atoms with van der Waals surface area (Å²) < 4.78 is 13.9. The van der Waals surface area contributed by atoms with Gasteiger partial charge >= 0.3 is 0 Å². The van der Waals surface area contributed by atoms with Crippen LogP contribution < -0.4 is 5.73 Å². The number of piperazine rings is 1. The van der Waals surface area contributed by atoms with Gasteiger partial charge in [0, 0.05) is 44.3 Å². The average Bonchev–Trinajstić information content (AvgIpc) is 2.42. The molecule has 19 heavy (non-hydrogen) atoms. The molecule has 1 unspecified atom stereocenters. The first kappa shape index (κ1) is 13.9. The number of nitrogens with two attached hydrogens (primary N) is 1. The van der Waals surface area contributed by atoms with Crippen LogP contribution in [0.5, 0.6) is 0 Å². The van der Waals surface area contributed by atoms with Gasteiger partial charge in [-0.3, -0.25) is 4.90 Å². The van der Waals surface area contributed by atoms with Crippen molar-refractivity contribution in [3.63, 3.8) is 0 Å². The molecule has 0 aromatic heterocycles. The summed E-state index contributed by atoms with van der Waals surface area (Å²) in [6, 6.07) is 6.85. The van der Waals surface area contributed by atoms with E-state index in [-0.39, 0.29) is 11.9 Å². The van der Waals surface area contributed by atoms with Crippen molar-refractivity contribution in [2.75, 3.05) is 33.2 Å². The Morgan fingerprint density at radius 2 is 2.26 bits per heavy atom. The molecule has 1 atom stereocenters. The normalized spacial score (nSPS) is 21.3. The average molecular weight is 262 g/mol. The summed E-state index contributed by atoms with van der Waals surface area (Å²) >= 11 is 0. The zero-order valence-corrected chi connectivity index (χ0v) is 11.1. The predicted molar refractivity (Wildman–Crippen MR) is 71.9 cm³/mol. The minimum Gasteiger partial charge on any atom is -0.329 e. The highest BCUT2D eigenvalue weighted by atomic mass is 19.1. The van der Waals surface area contributed by atoms with E-state index in [0.717, 1.165) is 19.6 Å². The first-order valence-electron chi connectivity index (χ1n) is 6.45. The maximum absolute atomic E-state index is 13.9. The van der Waals surface area contributed by atoms with Crippen LogP contribution in [0.2, 0.25) is 0 Å². The van der Waals surface area contributed by atoms with E-state index in [0.29, 0.717) is 24.2 Å². The molecule has 5 heteroatoms.